The lowest BCUT2D eigenvalue weighted by atomic mass is 10.1. The minimum Gasteiger partial charge on any atom is -0.357 e. The summed E-state index contributed by atoms with van der Waals surface area (Å²) in [4.78, 5) is 23.4. The normalized spacial score (nSPS) is 14.2. The van der Waals surface area contributed by atoms with E-state index in [1.54, 1.807) is 12.1 Å². The van der Waals surface area contributed by atoms with E-state index in [0.717, 1.165) is 24.6 Å². The van der Waals surface area contributed by atoms with E-state index in [9.17, 15) is 4.79 Å². The quantitative estimate of drug-likeness (QED) is 0.872. The molecule has 3 rings (SSSR count). The molecule has 1 fully saturated rings. The lowest BCUT2D eigenvalue weighted by molar-refractivity contribution is 0.251. The van der Waals surface area contributed by atoms with Gasteiger partial charge < -0.3 is 15.5 Å². The van der Waals surface area contributed by atoms with Crippen LogP contribution in [0.2, 0.25) is 5.02 Å². The van der Waals surface area contributed by atoms with Gasteiger partial charge in [0, 0.05) is 24.8 Å². The van der Waals surface area contributed by atoms with Gasteiger partial charge in [0.05, 0.1) is 17.3 Å². The Morgan fingerprint density at radius 2 is 1.96 bits per heavy atom. The molecular formula is C18H22ClN5O. The monoisotopic (exact) mass is 359 g/mol. The Labute approximate surface area is 152 Å². The van der Waals surface area contributed by atoms with Gasteiger partial charge in [0.25, 0.3) is 0 Å². The van der Waals surface area contributed by atoms with E-state index in [4.69, 9.17) is 11.6 Å². The Hall–Kier alpha value is -2.34. The highest BCUT2D eigenvalue weighted by Crippen LogP contribution is 2.20. The third-order valence-electron chi connectivity index (χ3n) is 4.10. The summed E-state index contributed by atoms with van der Waals surface area (Å²) in [5.41, 5.74) is 1.47. The number of nitrogens with one attached hydrogen (secondary N) is 2. The number of carbonyl (C=O) groups is 1. The lowest BCUT2D eigenvalue weighted by Crippen LogP contribution is -2.32. The number of aromatic nitrogens is 2. The molecule has 6 nitrogen and oxygen atoms in total. The summed E-state index contributed by atoms with van der Waals surface area (Å²) in [6.07, 6.45) is 3.66. The fourth-order valence-electron chi connectivity index (χ4n) is 2.86. The Morgan fingerprint density at radius 3 is 2.72 bits per heavy atom. The molecule has 1 aliphatic heterocycles. The van der Waals surface area contributed by atoms with E-state index in [1.165, 1.54) is 19.3 Å². The van der Waals surface area contributed by atoms with Crippen molar-refractivity contribution in [2.45, 2.75) is 32.7 Å². The molecule has 2 amide bonds. The van der Waals surface area contributed by atoms with Gasteiger partial charge in [0.2, 0.25) is 0 Å². The van der Waals surface area contributed by atoms with Crippen molar-refractivity contribution in [2.75, 3.05) is 23.3 Å². The molecule has 1 aromatic carbocycles. The van der Waals surface area contributed by atoms with Crippen molar-refractivity contribution in [2.24, 2.45) is 0 Å². The number of hydrogen-bond acceptors (Lipinski definition) is 4. The largest absolute Gasteiger partial charge is 0.357 e. The molecule has 2 aromatic rings. The van der Waals surface area contributed by atoms with Crippen molar-refractivity contribution in [1.82, 2.24) is 15.3 Å². The van der Waals surface area contributed by atoms with Crippen molar-refractivity contribution in [1.29, 1.82) is 0 Å². The number of urea groups is 1. The van der Waals surface area contributed by atoms with Crippen molar-refractivity contribution in [3.63, 3.8) is 0 Å². The Balaban J connectivity index is 1.61. The SMILES string of the molecule is Cc1cc(N2CCCCC2)nc(CNC(=O)Nc2ccccc2Cl)n1. The molecule has 132 valence electrons. The van der Waals surface area contributed by atoms with E-state index >= 15 is 0 Å². The zero-order chi connectivity index (χ0) is 17.6. The summed E-state index contributed by atoms with van der Waals surface area (Å²) in [7, 11) is 0. The second-order valence-corrected chi connectivity index (χ2v) is 6.53. The average Bonchev–Trinajstić information content (AvgIpc) is 2.62. The summed E-state index contributed by atoms with van der Waals surface area (Å²) < 4.78 is 0. The molecule has 1 aromatic heterocycles. The first-order valence-corrected chi connectivity index (χ1v) is 8.88. The number of para-hydroxylation sites is 1. The maximum absolute atomic E-state index is 12.1. The molecule has 1 aliphatic rings. The standard InChI is InChI=1S/C18H22ClN5O/c1-13-11-17(24-9-5-2-6-10-24)23-16(21-13)12-20-18(25)22-15-8-4-3-7-14(15)19/h3-4,7-8,11H,2,5-6,9-10,12H2,1H3,(H2,20,22,25). The van der Waals surface area contributed by atoms with Crippen LogP contribution in [-0.4, -0.2) is 29.1 Å². The molecule has 2 heterocycles. The van der Waals surface area contributed by atoms with Crippen LogP contribution in [0.1, 0.15) is 30.8 Å². The Kier molecular flexibility index (Phi) is 5.71. The van der Waals surface area contributed by atoms with Crippen LogP contribution < -0.4 is 15.5 Å². The molecule has 0 bridgehead atoms. The fourth-order valence-corrected chi connectivity index (χ4v) is 3.05. The zero-order valence-electron chi connectivity index (χ0n) is 14.3. The van der Waals surface area contributed by atoms with Crippen molar-refractivity contribution >= 4 is 29.1 Å². The van der Waals surface area contributed by atoms with Gasteiger partial charge in [-0.15, -0.1) is 0 Å². The van der Waals surface area contributed by atoms with Crippen LogP contribution in [-0.2, 0) is 6.54 Å². The molecular weight excluding hydrogens is 338 g/mol. The maximum atomic E-state index is 12.1. The number of halogens is 1. The van der Waals surface area contributed by atoms with Crippen LogP contribution in [0.4, 0.5) is 16.3 Å². The van der Waals surface area contributed by atoms with Gasteiger partial charge in [-0.3, -0.25) is 0 Å². The Morgan fingerprint density at radius 1 is 1.20 bits per heavy atom. The third kappa shape index (κ3) is 4.82. The number of rotatable bonds is 4. The summed E-state index contributed by atoms with van der Waals surface area (Å²) in [5, 5.41) is 6.00. The lowest BCUT2D eigenvalue weighted by Gasteiger charge is -2.28. The number of amides is 2. The maximum Gasteiger partial charge on any atom is 0.319 e. The highest BCUT2D eigenvalue weighted by atomic mass is 35.5. The summed E-state index contributed by atoms with van der Waals surface area (Å²) in [5.74, 6) is 1.55. The molecule has 0 unspecified atom stereocenters. The molecule has 0 saturated carbocycles. The van der Waals surface area contributed by atoms with Gasteiger partial charge in [-0.25, -0.2) is 14.8 Å². The van der Waals surface area contributed by atoms with E-state index in [1.807, 2.05) is 25.1 Å². The number of benzene rings is 1. The zero-order valence-corrected chi connectivity index (χ0v) is 15.0. The van der Waals surface area contributed by atoms with Crippen LogP contribution in [0.5, 0.6) is 0 Å². The molecule has 25 heavy (non-hydrogen) atoms. The van der Waals surface area contributed by atoms with Crippen molar-refractivity contribution in [3.8, 4) is 0 Å². The van der Waals surface area contributed by atoms with Crippen molar-refractivity contribution < 1.29 is 4.79 Å². The van der Waals surface area contributed by atoms with Gasteiger partial charge in [-0.05, 0) is 38.3 Å². The molecule has 7 heteroatoms. The minimum absolute atomic E-state index is 0.263. The smallest absolute Gasteiger partial charge is 0.319 e. The highest BCUT2D eigenvalue weighted by molar-refractivity contribution is 6.33. The van der Waals surface area contributed by atoms with Crippen LogP contribution in [0.3, 0.4) is 0 Å². The fraction of sp³-hybridized carbons (Fsp3) is 0.389. The second kappa shape index (κ2) is 8.16. The predicted molar refractivity (Wildman–Crippen MR) is 100 cm³/mol. The first kappa shape index (κ1) is 17.5. The Bertz CT molecular complexity index is 746. The molecule has 0 spiro atoms. The number of carbonyl (C=O) groups excluding carboxylic acids is 1. The van der Waals surface area contributed by atoms with Crippen LogP contribution >= 0.6 is 11.6 Å². The number of aryl methyl sites for hydroxylation is 1. The topological polar surface area (TPSA) is 70.2 Å². The minimum atomic E-state index is -0.335. The number of piperidine rings is 1. The number of nitrogens with zero attached hydrogens (tertiary/aromatic N) is 3. The first-order chi connectivity index (χ1) is 12.1. The first-order valence-electron chi connectivity index (χ1n) is 8.51. The van der Waals surface area contributed by atoms with E-state index in [2.05, 4.69) is 25.5 Å². The highest BCUT2D eigenvalue weighted by Gasteiger charge is 2.14. The average molecular weight is 360 g/mol. The molecule has 0 aliphatic carbocycles. The predicted octanol–water partition coefficient (Wildman–Crippen LogP) is 3.75. The molecule has 2 N–H and O–H groups in total. The van der Waals surface area contributed by atoms with Gasteiger partial charge >= 0.3 is 6.03 Å². The summed E-state index contributed by atoms with van der Waals surface area (Å²) >= 11 is 6.04. The van der Waals surface area contributed by atoms with Crippen molar-refractivity contribution in [3.05, 3.63) is 46.9 Å². The third-order valence-corrected chi connectivity index (χ3v) is 4.43. The van der Waals surface area contributed by atoms with Gasteiger partial charge in [0.1, 0.15) is 11.6 Å². The van der Waals surface area contributed by atoms with Gasteiger partial charge in [0.15, 0.2) is 0 Å². The van der Waals surface area contributed by atoms with Crippen LogP contribution in [0, 0.1) is 6.92 Å². The van der Waals surface area contributed by atoms with Gasteiger partial charge in [-0.1, -0.05) is 23.7 Å². The molecule has 0 atom stereocenters. The van der Waals surface area contributed by atoms with Crippen LogP contribution in [0.25, 0.3) is 0 Å². The molecule has 1 saturated heterocycles. The van der Waals surface area contributed by atoms with E-state index < -0.39 is 0 Å². The van der Waals surface area contributed by atoms with Crippen LogP contribution in [0.15, 0.2) is 30.3 Å². The summed E-state index contributed by atoms with van der Waals surface area (Å²) in [6, 6.07) is 8.77. The summed E-state index contributed by atoms with van der Waals surface area (Å²) in [6.45, 7) is 4.26. The van der Waals surface area contributed by atoms with E-state index in [-0.39, 0.29) is 12.6 Å². The molecule has 0 radical (unpaired) electrons. The number of hydrogen-bond donors (Lipinski definition) is 2. The second-order valence-electron chi connectivity index (χ2n) is 6.12. The van der Waals surface area contributed by atoms with E-state index in [0.29, 0.717) is 16.5 Å². The van der Waals surface area contributed by atoms with Gasteiger partial charge in [-0.2, -0.15) is 0 Å². The number of anilines is 2.